The maximum atomic E-state index is 5.85. The lowest BCUT2D eigenvalue weighted by Gasteiger charge is -2.08. The number of hydrogen-bond donors (Lipinski definition) is 0. The van der Waals surface area contributed by atoms with E-state index >= 15 is 0 Å². The second-order valence-electron chi connectivity index (χ2n) is 4.27. The molecule has 5 nitrogen and oxygen atoms in total. The van der Waals surface area contributed by atoms with E-state index < -0.39 is 0 Å². The van der Waals surface area contributed by atoms with Gasteiger partial charge in [0.05, 0.1) is 23.8 Å². The molecular formula is C13H14ClN5. The minimum Gasteiger partial charge on any atom is -0.326 e. The highest BCUT2D eigenvalue weighted by Crippen LogP contribution is 2.16. The zero-order valence-electron chi connectivity index (χ0n) is 10.4. The number of para-hydroxylation sites is 2. The Balaban J connectivity index is 1.92. The van der Waals surface area contributed by atoms with Gasteiger partial charge in [-0.2, -0.15) is 0 Å². The van der Waals surface area contributed by atoms with Gasteiger partial charge in [-0.15, -0.1) is 16.7 Å². The third-order valence-corrected chi connectivity index (χ3v) is 3.27. The summed E-state index contributed by atoms with van der Waals surface area (Å²) in [5.74, 6) is 1.60. The molecule has 0 amide bonds. The second-order valence-corrected chi connectivity index (χ2v) is 4.65. The number of aromatic nitrogens is 5. The average molecular weight is 276 g/mol. The smallest absolute Gasteiger partial charge is 0.111 e. The van der Waals surface area contributed by atoms with Crippen LogP contribution < -0.4 is 0 Å². The van der Waals surface area contributed by atoms with E-state index in [2.05, 4.69) is 25.9 Å². The van der Waals surface area contributed by atoms with E-state index in [9.17, 15) is 0 Å². The lowest BCUT2D eigenvalue weighted by atomic mass is 10.3. The molecule has 0 spiro atoms. The van der Waals surface area contributed by atoms with Crippen molar-refractivity contribution in [1.82, 2.24) is 24.5 Å². The Morgan fingerprint density at radius 3 is 2.84 bits per heavy atom. The number of benzene rings is 1. The molecule has 0 radical (unpaired) electrons. The summed E-state index contributed by atoms with van der Waals surface area (Å²) < 4.78 is 4.03. The van der Waals surface area contributed by atoms with Crippen LogP contribution in [0.3, 0.4) is 0 Å². The Labute approximate surface area is 115 Å². The molecule has 0 saturated heterocycles. The molecule has 0 bridgehead atoms. The summed E-state index contributed by atoms with van der Waals surface area (Å²) in [5, 5.41) is 7.79. The maximum Gasteiger partial charge on any atom is 0.111 e. The summed E-state index contributed by atoms with van der Waals surface area (Å²) >= 11 is 5.85. The summed E-state index contributed by atoms with van der Waals surface area (Å²) in [4.78, 5) is 4.64. The Kier molecular flexibility index (Phi) is 3.46. The van der Waals surface area contributed by atoms with Crippen LogP contribution in [0.25, 0.3) is 11.0 Å². The zero-order chi connectivity index (χ0) is 13.1. The first-order chi connectivity index (χ1) is 9.38. The SMILES string of the molecule is ClCCc1nc2ccccc2n1CCn1ccnn1. The fourth-order valence-corrected chi connectivity index (χ4v) is 2.37. The lowest BCUT2D eigenvalue weighted by molar-refractivity contribution is 0.516. The largest absolute Gasteiger partial charge is 0.326 e. The van der Waals surface area contributed by atoms with Crippen molar-refractivity contribution in [3.63, 3.8) is 0 Å². The number of nitrogens with zero attached hydrogens (tertiary/aromatic N) is 5. The van der Waals surface area contributed by atoms with E-state index in [1.165, 1.54) is 0 Å². The number of rotatable bonds is 5. The molecule has 0 aliphatic heterocycles. The third-order valence-electron chi connectivity index (χ3n) is 3.08. The molecule has 0 aliphatic carbocycles. The van der Waals surface area contributed by atoms with Crippen molar-refractivity contribution in [2.45, 2.75) is 19.5 Å². The monoisotopic (exact) mass is 275 g/mol. The summed E-state index contributed by atoms with van der Waals surface area (Å²) in [5.41, 5.74) is 2.16. The van der Waals surface area contributed by atoms with Crippen molar-refractivity contribution in [1.29, 1.82) is 0 Å². The van der Waals surface area contributed by atoms with Gasteiger partial charge in [-0.1, -0.05) is 17.3 Å². The van der Waals surface area contributed by atoms with Crippen LogP contribution in [0.2, 0.25) is 0 Å². The molecule has 0 atom stereocenters. The molecular weight excluding hydrogens is 262 g/mol. The molecule has 19 heavy (non-hydrogen) atoms. The average Bonchev–Trinajstić information content (AvgIpc) is 3.04. The molecule has 3 rings (SSSR count). The van der Waals surface area contributed by atoms with Crippen molar-refractivity contribution < 1.29 is 0 Å². The van der Waals surface area contributed by atoms with Crippen molar-refractivity contribution in [2.24, 2.45) is 0 Å². The van der Waals surface area contributed by atoms with Crippen LogP contribution in [-0.2, 0) is 19.5 Å². The standard InChI is InChI=1S/C13H14ClN5/c14-6-5-13-16-11-3-1-2-4-12(11)19(13)10-9-18-8-7-15-17-18/h1-4,7-8H,5-6,9-10H2. The number of aryl methyl sites for hydroxylation is 3. The van der Waals surface area contributed by atoms with E-state index in [1.54, 1.807) is 6.20 Å². The topological polar surface area (TPSA) is 48.5 Å². The summed E-state index contributed by atoms with van der Waals surface area (Å²) in [6.07, 6.45) is 4.32. The van der Waals surface area contributed by atoms with Crippen LogP contribution in [0.4, 0.5) is 0 Å². The predicted octanol–water partition coefficient (Wildman–Crippen LogP) is 2.11. The van der Waals surface area contributed by atoms with Gasteiger partial charge in [-0.05, 0) is 12.1 Å². The fraction of sp³-hybridized carbons (Fsp3) is 0.308. The highest BCUT2D eigenvalue weighted by Gasteiger charge is 2.09. The Hall–Kier alpha value is -1.88. The van der Waals surface area contributed by atoms with Crippen molar-refractivity contribution in [3.8, 4) is 0 Å². The maximum absolute atomic E-state index is 5.85. The first-order valence-electron chi connectivity index (χ1n) is 6.22. The van der Waals surface area contributed by atoms with Crippen LogP contribution in [0.1, 0.15) is 5.82 Å². The van der Waals surface area contributed by atoms with Gasteiger partial charge in [0, 0.05) is 25.0 Å². The van der Waals surface area contributed by atoms with Crippen LogP contribution in [0.15, 0.2) is 36.7 Å². The van der Waals surface area contributed by atoms with Gasteiger partial charge in [-0.25, -0.2) is 4.98 Å². The number of fused-ring (bicyclic) bond motifs is 1. The molecule has 0 aliphatic rings. The van der Waals surface area contributed by atoms with Crippen LogP contribution >= 0.6 is 11.6 Å². The van der Waals surface area contributed by atoms with Crippen molar-refractivity contribution in [3.05, 3.63) is 42.5 Å². The van der Waals surface area contributed by atoms with Gasteiger partial charge in [0.1, 0.15) is 5.82 Å². The quantitative estimate of drug-likeness (QED) is 0.670. The van der Waals surface area contributed by atoms with Gasteiger partial charge < -0.3 is 4.57 Å². The van der Waals surface area contributed by atoms with Crippen LogP contribution in [-0.4, -0.2) is 30.4 Å². The summed E-state index contributed by atoms with van der Waals surface area (Å²) in [6.45, 7) is 1.59. The Morgan fingerprint density at radius 1 is 1.16 bits per heavy atom. The van der Waals surface area contributed by atoms with Crippen molar-refractivity contribution in [2.75, 3.05) is 5.88 Å². The second kappa shape index (κ2) is 5.40. The van der Waals surface area contributed by atoms with E-state index in [-0.39, 0.29) is 0 Å². The Morgan fingerprint density at radius 2 is 2.05 bits per heavy atom. The van der Waals surface area contributed by atoms with Gasteiger partial charge in [0.15, 0.2) is 0 Å². The molecule has 3 aromatic rings. The molecule has 1 aromatic carbocycles. The molecule has 98 valence electrons. The van der Waals surface area contributed by atoms with Gasteiger partial charge in [0.2, 0.25) is 0 Å². The number of imidazole rings is 1. The van der Waals surface area contributed by atoms with Gasteiger partial charge >= 0.3 is 0 Å². The molecule has 2 aromatic heterocycles. The summed E-state index contributed by atoms with van der Waals surface area (Å²) in [6, 6.07) is 8.14. The zero-order valence-corrected chi connectivity index (χ0v) is 11.2. The van der Waals surface area contributed by atoms with Crippen LogP contribution in [0, 0.1) is 0 Å². The van der Waals surface area contributed by atoms with Gasteiger partial charge in [0.25, 0.3) is 0 Å². The molecule has 0 unspecified atom stereocenters. The summed E-state index contributed by atoms with van der Waals surface area (Å²) in [7, 11) is 0. The van der Waals surface area contributed by atoms with E-state index in [4.69, 9.17) is 11.6 Å². The molecule has 0 saturated carbocycles. The van der Waals surface area contributed by atoms with E-state index in [0.29, 0.717) is 5.88 Å². The minimum absolute atomic E-state index is 0.576. The van der Waals surface area contributed by atoms with Gasteiger partial charge in [-0.3, -0.25) is 4.68 Å². The Bertz CT molecular complexity index is 659. The minimum atomic E-state index is 0.576. The lowest BCUT2D eigenvalue weighted by Crippen LogP contribution is -2.11. The fourth-order valence-electron chi connectivity index (χ4n) is 2.20. The predicted molar refractivity (Wildman–Crippen MR) is 74.2 cm³/mol. The normalized spacial score (nSPS) is 11.2. The van der Waals surface area contributed by atoms with E-state index in [1.807, 2.05) is 29.1 Å². The highest BCUT2D eigenvalue weighted by atomic mass is 35.5. The highest BCUT2D eigenvalue weighted by molar-refractivity contribution is 6.17. The first-order valence-corrected chi connectivity index (χ1v) is 6.76. The van der Waals surface area contributed by atoms with Crippen LogP contribution in [0.5, 0.6) is 0 Å². The molecule has 6 heteroatoms. The number of halogens is 1. The first kappa shape index (κ1) is 12.2. The third kappa shape index (κ3) is 2.46. The number of alkyl halides is 1. The molecule has 2 heterocycles. The van der Waals surface area contributed by atoms with E-state index in [0.717, 1.165) is 36.4 Å². The van der Waals surface area contributed by atoms with Crippen molar-refractivity contribution >= 4 is 22.6 Å². The molecule has 0 fully saturated rings. The molecule has 0 N–H and O–H groups in total. The number of hydrogen-bond acceptors (Lipinski definition) is 3.